The molecule has 0 N–H and O–H groups in total. The Bertz CT molecular complexity index is 631. The summed E-state index contributed by atoms with van der Waals surface area (Å²) < 4.78 is 0. The van der Waals surface area contributed by atoms with Crippen LogP contribution in [0.5, 0.6) is 0 Å². The summed E-state index contributed by atoms with van der Waals surface area (Å²) in [7, 11) is 0. The zero-order valence-corrected chi connectivity index (χ0v) is 12.6. The van der Waals surface area contributed by atoms with Gasteiger partial charge in [0, 0.05) is 6.21 Å². The Labute approximate surface area is 126 Å². The number of benzene rings is 2. The first-order valence-corrected chi connectivity index (χ1v) is 7.34. The molecule has 106 valence electrons. The average molecular weight is 276 g/mol. The second-order valence-electron chi connectivity index (χ2n) is 5.38. The molecule has 0 unspecified atom stereocenters. The minimum absolute atomic E-state index is 0.668. The highest BCUT2D eigenvalue weighted by atomic mass is 14.7. The van der Waals surface area contributed by atoms with Crippen LogP contribution < -0.4 is 0 Å². The Morgan fingerprint density at radius 2 is 1.76 bits per heavy atom. The molecule has 0 saturated carbocycles. The molecule has 0 aromatic heterocycles. The van der Waals surface area contributed by atoms with Gasteiger partial charge >= 0.3 is 0 Å². The Morgan fingerprint density at radius 3 is 2.33 bits per heavy atom. The van der Waals surface area contributed by atoms with Crippen molar-refractivity contribution in [3.8, 4) is 6.07 Å². The summed E-state index contributed by atoms with van der Waals surface area (Å²) in [4.78, 5) is 4.46. The van der Waals surface area contributed by atoms with E-state index in [1.165, 1.54) is 12.0 Å². The van der Waals surface area contributed by atoms with Crippen molar-refractivity contribution in [3.05, 3.63) is 65.2 Å². The van der Waals surface area contributed by atoms with Crippen LogP contribution in [0.4, 0.5) is 5.69 Å². The maximum absolute atomic E-state index is 8.76. The molecule has 2 heteroatoms. The fourth-order valence-corrected chi connectivity index (χ4v) is 2.06. The molecule has 0 aliphatic rings. The summed E-state index contributed by atoms with van der Waals surface area (Å²) in [6.45, 7) is 4.50. The lowest BCUT2D eigenvalue weighted by Gasteiger charge is -2.07. The highest BCUT2D eigenvalue weighted by Gasteiger charge is 2.00. The third-order valence-corrected chi connectivity index (χ3v) is 3.62. The SMILES string of the molecule is CC[C@@H](C)Cc1ccc(N=Cc2ccc(C#N)cc2)cc1. The van der Waals surface area contributed by atoms with Crippen LogP contribution in [0.15, 0.2) is 53.5 Å². The second-order valence-corrected chi connectivity index (χ2v) is 5.38. The van der Waals surface area contributed by atoms with Crippen LogP contribution in [0.2, 0.25) is 0 Å². The Morgan fingerprint density at radius 1 is 1.10 bits per heavy atom. The molecule has 21 heavy (non-hydrogen) atoms. The van der Waals surface area contributed by atoms with E-state index in [1.807, 2.05) is 18.3 Å². The van der Waals surface area contributed by atoms with E-state index in [1.54, 1.807) is 12.1 Å². The number of rotatable bonds is 5. The highest BCUT2D eigenvalue weighted by Crippen LogP contribution is 2.17. The van der Waals surface area contributed by atoms with E-state index in [9.17, 15) is 0 Å². The van der Waals surface area contributed by atoms with Gasteiger partial charge in [0.15, 0.2) is 0 Å². The molecule has 0 radical (unpaired) electrons. The zero-order chi connectivity index (χ0) is 15.1. The lowest BCUT2D eigenvalue weighted by atomic mass is 9.99. The molecule has 2 nitrogen and oxygen atoms in total. The van der Waals surface area contributed by atoms with Gasteiger partial charge in [-0.2, -0.15) is 5.26 Å². The van der Waals surface area contributed by atoms with Crippen LogP contribution in [0.3, 0.4) is 0 Å². The van der Waals surface area contributed by atoms with Gasteiger partial charge in [0.2, 0.25) is 0 Å². The predicted octanol–water partition coefficient (Wildman–Crippen LogP) is 4.90. The summed E-state index contributed by atoms with van der Waals surface area (Å²) in [5, 5.41) is 8.76. The van der Waals surface area contributed by atoms with Crippen LogP contribution >= 0.6 is 0 Å². The minimum atomic E-state index is 0.668. The van der Waals surface area contributed by atoms with Crippen LogP contribution in [0.25, 0.3) is 0 Å². The van der Waals surface area contributed by atoms with Crippen molar-refractivity contribution in [1.29, 1.82) is 5.26 Å². The lowest BCUT2D eigenvalue weighted by Crippen LogP contribution is -1.96. The van der Waals surface area contributed by atoms with Gasteiger partial charge in [-0.15, -0.1) is 0 Å². The van der Waals surface area contributed by atoms with Gasteiger partial charge < -0.3 is 0 Å². The van der Waals surface area contributed by atoms with Gasteiger partial charge in [-0.1, -0.05) is 44.5 Å². The lowest BCUT2D eigenvalue weighted by molar-refractivity contribution is 0.560. The Hall–Kier alpha value is -2.40. The number of nitriles is 1. The van der Waals surface area contributed by atoms with E-state index in [4.69, 9.17) is 5.26 Å². The van der Waals surface area contributed by atoms with E-state index in [0.717, 1.165) is 23.6 Å². The van der Waals surface area contributed by atoms with Gasteiger partial charge in [-0.25, -0.2) is 0 Å². The molecule has 0 bridgehead atoms. The molecule has 0 amide bonds. The average Bonchev–Trinajstić information content (AvgIpc) is 2.54. The largest absolute Gasteiger partial charge is 0.256 e. The summed E-state index contributed by atoms with van der Waals surface area (Å²) >= 11 is 0. The smallest absolute Gasteiger partial charge is 0.0991 e. The summed E-state index contributed by atoms with van der Waals surface area (Å²) in [6, 6.07) is 17.9. The van der Waals surface area contributed by atoms with Gasteiger partial charge in [0.1, 0.15) is 0 Å². The van der Waals surface area contributed by atoms with E-state index >= 15 is 0 Å². The van der Waals surface area contributed by atoms with E-state index < -0.39 is 0 Å². The zero-order valence-electron chi connectivity index (χ0n) is 12.6. The first kappa shape index (κ1) is 15.0. The summed E-state index contributed by atoms with van der Waals surface area (Å²) in [6.07, 6.45) is 4.15. The van der Waals surface area contributed by atoms with Crippen LogP contribution in [0, 0.1) is 17.2 Å². The molecule has 2 aromatic carbocycles. The Kier molecular flexibility index (Phi) is 5.29. The van der Waals surface area contributed by atoms with Gasteiger partial charge in [-0.05, 0) is 47.7 Å². The molecule has 0 aliphatic carbocycles. The first-order valence-electron chi connectivity index (χ1n) is 7.34. The first-order chi connectivity index (χ1) is 10.2. The van der Waals surface area contributed by atoms with Crippen LogP contribution in [-0.2, 0) is 6.42 Å². The molecule has 0 aliphatic heterocycles. The minimum Gasteiger partial charge on any atom is -0.256 e. The highest BCUT2D eigenvalue weighted by molar-refractivity contribution is 5.82. The van der Waals surface area contributed by atoms with Crippen molar-refractivity contribution >= 4 is 11.9 Å². The van der Waals surface area contributed by atoms with Gasteiger partial charge in [0.25, 0.3) is 0 Å². The quantitative estimate of drug-likeness (QED) is 0.716. The summed E-state index contributed by atoms with van der Waals surface area (Å²) in [5.74, 6) is 0.720. The molecule has 2 aromatic rings. The molecule has 1 atom stereocenters. The second kappa shape index (κ2) is 7.40. The van der Waals surface area contributed by atoms with E-state index in [2.05, 4.69) is 49.2 Å². The monoisotopic (exact) mass is 276 g/mol. The van der Waals surface area contributed by atoms with Gasteiger partial charge in [-0.3, -0.25) is 4.99 Å². The number of hydrogen-bond donors (Lipinski definition) is 0. The van der Waals surface area contributed by atoms with Crippen molar-refractivity contribution in [2.45, 2.75) is 26.7 Å². The van der Waals surface area contributed by atoms with E-state index in [-0.39, 0.29) is 0 Å². The van der Waals surface area contributed by atoms with Crippen molar-refractivity contribution in [2.24, 2.45) is 10.9 Å². The molecule has 0 heterocycles. The molecule has 0 spiro atoms. The molecule has 0 fully saturated rings. The maximum atomic E-state index is 8.76. The number of aliphatic imine (C=N–C) groups is 1. The topological polar surface area (TPSA) is 36.1 Å². The maximum Gasteiger partial charge on any atom is 0.0991 e. The van der Waals surface area contributed by atoms with E-state index in [0.29, 0.717) is 5.56 Å². The van der Waals surface area contributed by atoms with Crippen molar-refractivity contribution in [3.63, 3.8) is 0 Å². The van der Waals surface area contributed by atoms with Crippen molar-refractivity contribution in [1.82, 2.24) is 0 Å². The molecular formula is C19H20N2. The number of nitrogens with zero attached hydrogens (tertiary/aromatic N) is 2. The normalized spacial score (nSPS) is 12.2. The summed E-state index contributed by atoms with van der Waals surface area (Å²) in [5.41, 5.74) is 3.98. The van der Waals surface area contributed by atoms with Crippen LogP contribution in [0.1, 0.15) is 37.0 Å². The molecule has 2 rings (SSSR count). The third kappa shape index (κ3) is 4.57. The van der Waals surface area contributed by atoms with Gasteiger partial charge in [0.05, 0.1) is 17.3 Å². The number of hydrogen-bond acceptors (Lipinski definition) is 2. The molecule has 0 saturated heterocycles. The fourth-order valence-electron chi connectivity index (χ4n) is 2.06. The fraction of sp³-hybridized carbons (Fsp3) is 0.263. The predicted molar refractivity (Wildman–Crippen MR) is 88.0 cm³/mol. The van der Waals surface area contributed by atoms with Crippen molar-refractivity contribution < 1.29 is 0 Å². The van der Waals surface area contributed by atoms with Crippen LogP contribution in [-0.4, -0.2) is 6.21 Å². The molecular weight excluding hydrogens is 256 g/mol. The third-order valence-electron chi connectivity index (χ3n) is 3.62. The van der Waals surface area contributed by atoms with Crippen molar-refractivity contribution in [2.75, 3.05) is 0 Å². The Balaban J connectivity index is 2.02. The standard InChI is InChI=1S/C19H20N2/c1-3-15(2)12-16-8-10-19(11-9-16)21-14-18-6-4-17(13-20)5-7-18/h4-11,14-15H,3,12H2,1-2H3/t15-/m1/s1.